The summed E-state index contributed by atoms with van der Waals surface area (Å²) in [6.07, 6.45) is 1.33. The summed E-state index contributed by atoms with van der Waals surface area (Å²) in [5, 5.41) is 26.9. The fraction of sp³-hybridized carbons (Fsp3) is 0.200. The minimum Gasteiger partial charge on any atom is -0.378 e. The van der Waals surface area contributed by atoms with Crippen LogP contribution in [0.1, 0.15) is 15.2 Å². The molecule has 0 spiro atoms. The van der Waals surface area contributed by atoms with Crippen LogP contribution in [0.25, 0.3) is 10.1 Å². The Morgan fingerprint density at radius 3 is 2.59 bits per heavy atom. The van der Waals surface area contributed by atoms with Crippen LogP contribution in [-0.2, 0) is 4.74 Å². The predicted octanol–water partition coefficient (Wildman–Crippen LogP) is 3.32. The van der Waals surface area contributed by atoms with Crippen molar-refractivity contribution in [2.24, 2.45) is 5.10 Å². The number of amides is 1. The Labute approximate surface area is 185 Å². The number of thiophene rings is 1. The number of rotatable bonds is 6. The van der Waals surface area contributed by atoms with Gasteiger partial charge in [0.05, 0.1) is 34.2 Å². The molecule has 1 fully saturated rings. The molecule has 0 atom stereocenters. The van der Waals surface area contributed by atoms with Crippen molar-refractivity contribution in [3.8, 4) is 0 Å². The third-order valence-electron chi connectivity index (χ3n) is 4.86. The maximum atomic E-state index is 12.4. The van der Waals surface area contributed by atoms with Crippen LogP contribution < -0.4 is 10.3 Å². The highest BCUT2D eigenvalue weighted by Gasteiger charge is 2.21. The van der Waals surface area contributed by atoms with E-state index in [-0.39, 0.29) is 11.4 Å². The van der Waals surface area contributed by atoms with Gasteiger partial charge in [-0.15, -0.1) is 11.3 Å². The molecule has 1 amide bonds. The number of hydrogen-bond acceptors (Lipinski definition) is 9. The van der Waals surface area contributed by atoms with E-state index in [4.69, 9.17) is 4.74 Å². The summed E-state index contributed by atoms with van der Waals surface area (Å²) < 4.78 is 6.03. The van der Waals surface area contributed by atoms with E-state index < -0.39 is 15.8 Å². The van der Waals surface area contributed by atoms with Gasteiger partial charge in [-0.05, 0) is 18.2 Å². The Hall–Kier alpha value is -3.90. The number of nitro groups is 2. The Kier molecular flexibility index (Phi) is 6.05. The Balaban J connectivity index is 1.48. The minimum absolute atomic E-state index is 0.0479. The number of morpholine rings is 1. The molecule has 0 unspecified atom stereocenters. The molecule has 164 valence electrons. The lowest BCUT2D eigenvalue weighted by Gasteiger charge is -2.28. The smallest absolute Gasteiger partial charge is 0.293 e. The summed E-state index contributed by atoms with van der Waals surface area (Å²) in [7, 11) is 0. The molecule has 32 heavy (non-hydrogen) atoms. The average molecular weight is 455 g/mol. The summed E-state index contributed by atoms with van der Waals surface area (Å²) in [6, 6.07) is 10.7. The molecule has 2 aromatic carbocycles. The number of nitro benzene ring substituents is 2. The third-order valence-corrected chi connectivity index (χ3v) is 5.98. The molecule has 0 bridgehead atoms. The quantitative estimate of drug-likeness (QED) is 0.341. The largest absolute Gasteiger partial charge is 0.378 e. The number of hydrogen-bond donors (Lipinski definition) is 1. The fourth-order valence-corrected chi connectivity index (χ4v) is 4.25. The second kappa shape index (κ2) is 9.08. The Morgan fingerprint density at radius 2 is 1.88 bits per heavy atom. The molecule has 1 saturated heterocycles. The zero-order valence-corrected chi connectivity index (χ0v) is 17.4. The second-order valence-electron chi connectivity index (χ2n) is 6.89. The number of ether oxygens (including phenoxy) is 1. The number of fused-ring (bicyclic) bond motifs is 1. The zero-order valence-electron chi connectivity index (χ0n) is 16.6. The number of nitrogens with zero attached hydrogens (tertiary/aromatic N) is 4. The van der Waals surface area contributed by atoms with Crippen molar-refractivity contribution in [3.63, 3.8) is 0 Å². The van der Waals surface area contributed by atoms with Crippen molar-refractivity contribution in [1.82, 2.24) is 5.43 Å². The van der Waals surface area contributed by atoms with Crippen LogP contribution in [0.2, 0.25) is 0 Å². The molecule has 11 nitrogen and oxygen atoms in total. The van der Waals surface area contributed by atoms with Crippen LogP contribution in [0.15, 0.2) is 47.6 Å². The fourth-order valence-electron chi connectivity index (χ4n) is 3.32. The van der Waals surface area contributed by atoms with Crippen LogP contribution in [0, 0.1) is 20.2 Å². The molecule has 3 aromatic rings. The van der Waals surface area contributed by atoms with E-state index in [2.05, 4.69) is 10.5 Å². The van der Waals surface area contributed by atoms with Gasteiger partial charge in [-0.2, -0.15) is 5.10 Å². The molecule has 1 aliphatic rings. The van der Waals surface area contributed by atoms with Crippen molar-refractivity contribution in [3.05, 3.63) is 73.1 Å². The highest BCUT2D eigenvalue weighted by atomic mass is 32.1. The first-order chi connectivity index (χ1) is 15.4. The second-order valence-corrected chi connectivity index (χ2v) is 7.98. The maximum Gasteiger partial charge on any atom is 0.293 e. The molecular weight excluding hydrogens is 438 g/mol. The van der Waals surface area contributed by atoms with Crippen molar-refractivity contribution in [1.29, 1.82) is 0 Å². The normalized spacial score (nSPS) is 14.1. The van der Waals surface area contributed by atoms with E-state index >= 15 is 0 Å². The summed E-state index contributed by atoms with van der Waals surface area (Å²) in [6.45, 7) is 2.17. The summed E-state index contributed by atoms with van der Waals surface area (Å²) in [5.41, 5.74) is 3.25. The van der Waals surface area contributed by atoms with Crippen molar-refractivity contribution < 1.29 is 19.4 Å². The van der Waals surface area contributed by atoms with Gasteiger partial charge in [0.15, 0.2) is 0 Å². The topological polar surface area (TPSA) is 140 Å². The van der Waals surface area contributed by atoms with Gasteiger partial charge in [0, 0.05) is 46.9 Å². The van der Waals surface area contributed by atoms with Gasteiger partial charge in [0.1, 0.15) is 5.69 Å². The zero-order chi connectivity index (χ0) is 22.7. The number of carbonyl (C=O) groups excluding carboxylic acids is 1. The van der Waals surface area contributed by atoms with Crippen LogP contribution in [0.3, 0.4) is 0 Å². The average Bonchev–Trinajstić information content (AvgIpc) is 3.23. The van der Waals surface area contributed by atoms with E-state index in [1.807, 2.05) is 4.90 Å². The lowest BCUT2D eigenvalue weighted by atomic mass is 10.1. The van der Waals surface area contributed by atoms with Crippen molar-refractivity contribution >= 4 is 50.6 Å². The molecule has 2 heterocycles. The molecule has 1 aromatic heterocycles. The number of carbonyl (C=O) groups is 1. The van der Waals surface area contributed by atoms with Gasteiger partial charge < -0.3 is 9.64 Å². The first-order valence-electron chi connectivity index (χ1n) is 9.55. The van der Waals surface area contributed by atoms with Crippen LogP contribution >= 0.6 is 11.3 Å². The van der Waals surface area contributed by atoms with Gasteiger partial charge in [-0.3, -0.25) is 25.0 Å². The van der Waals surface area contributed by atoms with E-state index in [1.54, 1.807) is 24.3 Å². The van der Waals surface area contributed by atoms with Crippen LogP contribution in [-0.4, -0.2) is 48.3 Å². The first-order valence-corrected chi connectivity index (χ1v) is 10.4. The Morgan fingerprint density at radius 1 is 1.09 bits per heavy atom. The molecule has 0 saturated carbocycles. The summed E-state index contributed by atoms with van der Waals surface area (Å²) in [5.74, 6) is -0.482. The summed E-state index contributed by atoms with van der Waals surface area (Å²) >= 11 is 1.18. The van der Waals surface area contributed by atoms with Crippen LogP contribution in [0.4, 0.5) is 17.1 Å². The number of non-ortho nitro benzene ring substituents is 1. The summed E-state index contributed by atoms with van der Waals surface area (Å²) in [4.78, 5) is 36.1. The number of benzene rings is 2. The molecule has 1 N–H and O–H groups in total. The molecule has 0 radical (unpaired) electrons. The standard InChI is InChI=1S/C20H17N5O6S/c26-20(19-11-14-10-15(24(27)28)2-4-18(14)32-19)22-21-12-13-1-3-16(17(9-13)25(29)30)23-5-7-31-8-6-23/h1-4,9-12H,5-8H2,(H,22,26). The highest BCUT2D eigenvalue weighted by Crippen LogP contribution is 2.30. The van der Waals surface area contributed by atoms with E-state index in [9.17, 15) is 25.0 Å². The van der Waals surface area contributed by atoms with E-state index in [0.717, 1.165) is 4.70 Å². The lowest BCUT2D eigenvalue weighted by Crippen LogP contribution is -2.36. The van der Waals surface area contributed by atoms with Gasteiger partial charge in [0.25, 0.3) is 17.3 Å². The van der Waals surface area contributed by atoms with Gasteiger partial charge in [0.2, 0.25) is 0 Å². The number of anilines is 1. The lowest BCUT2D eigenvalue weighted by molar-refractivity contribution is -0.384. The van der Waals surface area contributed by atoms with E-state index in [1.165, 1.54) is 35.8 Å². The molecule has 1 aliphatic heterocycles. The SMILES string of the molecule is O=C(NN=Cc1ccc(N2CCOCC2)c([N+](=O)[O-])c1)c1cc2cc([N+](=O)[O-])ccc2s1. The third kappa shape index (κ3) is 4.55. The maximum absolute atomic E-state index is 12.4. The minimum atomic E-state index is -0.495. The molecule has 0 aliphatic carbocycles. The first kappa shape index (κ1) is 21.3. The van der Waals surface area contributed by atoms with Crippen molar-refractivity contribution in [2.75, 3.05) is 31.2 Å². The van der Waals surface area contributed by atoms with Crippen LogP contribution in [0.5, 0.6) is 0 Å². The highest BCUT2D eigenvalue weighted by molar-refractivity contribution is 7.20. The van der Waals surface area contributed by atoms with Crippen molar-refractivity contribution in [2.45, 2.75) is 0 Å². The van der Waals surface area contributed by atoms with Gasteiger partial charge in [-0.25, -0.2) is 5.43 Å². The predicted molar refractivity (Wildman–Crippen MR) is 120 cm³/mol. The van der Waals surface area contributed by atoms with Gasteiger partial charge >= 0.3 is 0 Å². The molecular formula is C20H17N5O6S. The molecule has 12 heteroatoms. The Bertz CT molecular complexity index is 1230. The number of hydrazone groups is 1. The number of nitrogens with one attached hydrogen (secondary N) is 1. The molecule has 4 rings (SSSR count). The van der Waals surface area contributed by atoms with Gasteiger partial charge in [-0.1, -0.05) is 6.07 Å². The van der Waals surface area contributed by atoms with E-state index in [0.29, 0.717) is 47.8 Å². The monoisotopic (exact) mass is 455 g/mol.